The Bertz CT molecular complexity index is 947. The number of amides is 1. The first-order valence-electron chi connectivity index (χ1n) is 8.44. The summed E-state index contributed by atoms with van der Waals surface area (Å²) in [4.78, 5) is 12.1. The maximum Gasteiger partial charge on any atom is 0.230 e. The Kier molecular flexibility index (Phi) is 7.19. The second kappa shape index (κ2) is 9.82. The molecule has 0 fully saturated rings. The average Bonchev–Trinajstić information content (AvgIpc) is 3.17. The Morgan fingerprint density at radius 3 is 2.71 bits per heavy atom. The molecule has 0 spiro atoms. The van der Waals surface area contributed by atoms with E-state index < -0.39 is 0 Å². The van der Waals surface area contributed by atoms with Gasteiger partial charge in [-0.1, -0.05) is 41.0 Å². The Morgan fingerprint density at radius 2 is 2.00 bits per heavy atom. The van der Waals surface area contributed by atoms with E-state index >= 15 is 0 Å². The minimum atomic E-state index is -0.0839. The highest BCUT2D eigenvalue weighted by molar-refractivity contribution is 7.99. The topological polar surface area (TPSA) is 69.0 Å². The van der Waals surface area contributed by atoms with Crippen molar-refractivity contribution in [3.05, 3.63) is 64.4 Å². The predicted octanol–water partition coefficient (Wildman–Crippen LogP) is 4.03. The lowest BCUT2D eigenvalue weighted by Gasteiger charge is -2.08. The zero-order chi connectivity index (χ0) is 19.9. The maximum absolute atomic E-state index is 12.1. The van der Waals surface area contributed by atoms with Crippen molar-refractivity contribution in [2.75, 3.05) is 19.4 Å². The molecule has 0 aliphatic rings. The fraction of sp³-hybridized carbons (Fsp3) is 0.211. The summed E-state index contributed by atoms with van der Waals surface area (Å²) in [5.41, 5.74) is 1.84. The van der Waals surface area contributed by atoms with Crippen molar-refractivity contribution < 1.29 is 9.53 Å². The minimum Gasteiger partial charge on any atom is -0.497 e. The molecule has 0 saturated carbocycles. The normalized spacial score (nSPS) is 10.7. The predicted molar refractivity (Wildman–Crippen MR) is 112 cm³/mol. The number of carbonyl (C=O) groups is 1. The lowest BCUT2D eigenvalue weighted by Crippen LogP contribution is -2.27. The molecule has 9 heteroatoms. The highest BCUT2D eigenvalue weighted by Crippen LogP contribution is 2.22. The van der Waals surface area contributed by atoms with Crippen LogP contribution in [0.1, 0.15) is 5.56 Å². The highest BCUT2D eigenvalue weighted by atomic mass is 35.5. The number of methoxy groups -OCH3 is 1. The molecule has 0 radical (unpaired) electrons. The van der Waals surface area contributed by atoms with Gasteiger partial charge in [0.2, 0.25) is 5.91 Å². The van der Waals surface area contributed by atoms with Gasteiger partial charge in [0.25, 0.3) is 0 Å². The summed E-state index contributed by atoms with van der Waals surface area (Å²) >= 11 is 13.3. The summed E-state index contributed by atoms with van der Waals surface area (Å²) in [6.07, 6.45) is 2.25. The van der Waals surface area contributed by atoms with Gasteiger partial charge in [-0.2, -0.15) is 0 Å². The van der Waals surface area contributed by atoms with Crippen LogP contribution in [-0.2, 0) is 11.2 Å². The Labute approximate surface area is 177 Å². The molecule has 0 aliphatic heterocycles. The molecule has 0 bridgehead atoms. The van der Waals surface area contributed by atoms with Crippen LogP contribution < -0.4 is 10.1 Å². The molecule has 3 aromatic rings. The standard InChI is InChI=1S/C19H18Cl2N4O2S/c1-27-16-6-4-15(5-7-16)25-12-23-24-19(25)28-11-18(26)22-9-8-13-2-3-14(20)10-17(13)21/h2-7,10,12H,8-9,11H2,1H3,(H,22,26). The van der Waals surface area contributed by atoms with Gasteiger partial charge in [-0.15, -0.1) is 10.2 Å². The van der Waals surface area contributed by atoms with Crippen molar-refractivity contribution in [2.24, 2.45) is 0 Å². The van der Waals surface area contributed by atoms with Crippen molar-refractivity contribution in [3.8, 4) is 11.4 Å². The smallest absolute Gasteiger partial charge is 0.230 e. The fourth-order valence-electron chi connectivity index (χ4n) is 2.48. The number of hydrogen-bond donors (Lipinski definition) is 1. The molecule has 3 rings (SSSR count). The summed E-state index contributed by atoms with van der Waals surface area (Å²) in [7, 11) is 1.62. The van der Waals surface area contributed by atoms with Crippen molar-refractivity contribution in [2.45, 2.75) is 11.6 Å². The fourth-order valence-corrected chi connectivity index (χ4v) is 3.75. The summed E-state index contributed by atoms with van der Waals surface area (Å²) in [5, 5.41) is 12.7. The van der Waals surface area contributed by atoms with Crippen LogP contribution in [0.5, 0.6) is 5.75 Å². The van der Waals surface area contributed by atoms with Gasteiger partial charge < -0.3 is 10.1 Å². The molecule has 1 aromatic heterocycles. The van der Waals surface area contributed by atoms with E-state index in [2.05, 4.69) is 15.5 Å². The van der Waals surface area contributed by atoms with Crippen LogP contribution >= 0.6 is 35.0 Å². The Hall–Kier alpha value is -2.22. The van der Waals surface area contributed by atoms with E-state index in [9.17, 15) is 4.79 Å². The highest BCUT2D eigenvalue weighted by Gasteiger charge is 2.10. The molecule has 2 aromatic carbocycles. The number of ether oxygens (including phenoxy) is 1. The zero-order valence-electron chi connectivity index (χ0n) is 15.1. The van der Waals surface area contributed by atoms with Gasteiger partial charge in [-0.05, 0) is 48.4 Å². The lowest BCUT2D eigenvalue weighted by molar-refractivity contribution is -0.118. The van der Waals surface area contributed by atoms with Gasteiger partial charge in [0.05, 0.1) is 12.9 Å². The van der Waals surface area contributed by atoms with E-state index in [1.807, 2.05) is 34.9 Å². The number of thioether (sulfide) groups is 1. The molecule has 0 atom stereocenters. The van der Waals surface area contributed by atoms with E-state index in [1.54, 1.807) is 25.6 Å². The zero-order valence-corrected chi connectivity index (χ0v) is 17.4. The number of benzene rings is 2. The summed E-state index contributed by atoms with van der Waals surface area (Å²) < 4.78 is 6.99. The lowest BCUT2D eigenvalue weighted by atomic mass is 10.1. The van der Waals surface area contributed by atoms with E-state index in [4.69, 9.17) is 27.9 Å². The third kappa shape index (κ3) is 5.41. The van der Waals surface area contributed by atoms with Crippen molar-refractivity contribution >= 4 is 40.9 Å². The SMILES string of the molecule is COc1ccc(-n2cnnc2SCC(=O)NCCc2ccc(Cl)cc2Cl)cc1. The molecule has 1 heterocycles. The van der Waals surface area contributed by atoms with Crippen LogP contribution in [0.3, 0.4) is 0 Å². The number of aromatic nitrogens is 3. The minimum absolute atomic E-state index is 0.0839. The van der Waals surface area contributed by atoms with Crippen molar-refractivity contribution in [1.29, 1.82) is 0 Å². The third-order valence-corrected chi connectivity index (χ3v) is 5.46. The molecular weight excluding hydrogens is 419 g/mol. The van der Waals surface area contributed by atoms with Gasteiger partial charge >= 0.3 is 0 Å². The van der Waals surface area contributed by atoms with Gasteiger partial charge in [0.15, 0.2) is 5.16 Å². The van der Waals surface area contributed by atoms with Crippen LogP contribution in [0.4, 0.5) is 0 Å². The summed E-state index contributed by atoms with van der Waals surface area (Å²) in [6.45, 7) is 0.492. The van der Waals surface area contributed by atoms with E-state index in [-0.39, 0.29) is 11.7 Å². The molecule has 1 amide bonds. The van der Waals surface area contributed by atoms with Crippen LogP contribution in [0.25, 0.3) is 5.69 Å². The summed E-state index contributed by atoms with van der Waals surface area (Å²) in [5.74, 6) is 0.925. The Morgan fingerprint density at radius 1 is 1.21 bits per heavy atom. The molecule has 1 N–H and O–H groups in total. The first kappa shape index (κ1) is 20.5. The average molecular weight is 437 g/mol. The Balaban J connectivity index is 1.50. The number of nitrogens with one attached hydrogen (secondary N) is 1. The van der Waals surface area contributed by atoms with Crippen LogP contribution in [0.2, 0.25) is 10.0 Å². The van der Waals surface area contributed by atoms with Gasteiger partial charge in [0.1, 0.15) is 12.1 Å². The van der Waals surface area contributed by atoms with E-state index in [0.29, 0.717) is 28.2 Å². The molecule has 0 saturated heterocycles. The monoisotopic (exact) mass is 436 g/mol. The first-order chi connectivity index (χ1) is 13.6. The van der Waals surface area contributed by atoms with E-state index in [1.165, 1.54) is 11.8 Å². The second-order valence-electron chi connectivity index (χ2n) is 5.81. The number of rotatable bonds is 8. The van der Waals surface area contributed by atoms with E-state index in [0.717, 1.165) is 17.0 Å². The maximum atomic E-state index is 12.1. The van der Waals surface area contributed by atoms with Crippen molar-refractivity contribution in [3.63, 3.8) is 0 Å². The van der Waals surface area contributed by atoms with Crippen LogP contribution in [-0.4, -0.2) is 40.1 Å². The third-order valence-electron chi connectivity index (χ3n) is 3.93. The van der Waals surface area contributed by atoms with Gasteiger partial charge in [-0.25, -0.2) is 0 Å². The van der Waals surface area contributed by atoms with Crippen molar-refractivity contribution in [1.82, 2.24) is 20.1 Å². The summed E-state index contributed by atoms with van der Waals surface area (Å²) in [6, 6.07) is 12.9. The molecule has 6 nitrogen and oxygen atoms in total. The first-order valence-corrected chi connectivity index (χ1v) is 10.2. The van der Waals surface area contributed by atoms with Gasteiger partial charge in [-0.3, -0.25) is 9.36 Å². The number of carbonyl (C=O) groups excluding carboxylic acids is 1. The number of nitrogens with zero attached hydrogens (tertiary/aromatic N) is 3. The quantitative estimate of drug-likeness (QED) is 0.539. The molecule has 146 valence electrons. The largest absolute Gasteiger partial charge is 0.497 e. The van der Waals surface area contributed by atoms with Crippen LogP contribution in [0, 0.1) is 0 Å². The molecule has 0 aliphatic carbocycles. The molecule has 28 heavy (non-hydrogen) atoms. The number of hydrogen-bond acceptors (Lipinski definition) is 5. The molecule has 0 unspecified atom stereocenters. The molecular formula is C19H18Cl2N4O2S. The van der Waals surface area contributed by atoms with Gasteiger partial charge in [0, 0.05) is 22.3 Å². The van der Waals surface area contributed by atoms with Crippen LogP contribution in [0.15, 0.2) is 53.9 Å². The second-order valence-corrected chi connectivity index (χ2v) is 7.59. The number of halogens is 2.